The minimum Gasteiger partial charge on any atom is -0.369 e. The van der Waals surface area contributed by atoms with Gasteiger partial charge < -0.3 is 10.6 Å². The Morgan fingerprint density at radius 3 is 2.65 bits per heavy atom. The minimum absolute atomic E-state index is 0.0555. The van der Waals surface area contributed by atoms with Gasteiger partial charge in [0.25, 0.3) is 5.91 Å². The molecule has 2 heterocycles. The number of hydrogen-bond acceptors (Lipinski definition) is 4. The number of nitrogens with two attached hydrogens (primary N) is 1. The summed E-state index contributed by atoms with van der Waals surface area (Å²) in [4.78, 5) is 25.8. The molecule has 1 fully saturated rings. The first-order chi connectivity index (χ1) is 11.1. The Bertz CT molecular complexity index is 712. The second-order valence-electron chi connectivity index (χ2n) is 5.87. The van der Waals surface area contributed by atoms with Gasteiger partial charge in [-0.2, -0.15) is 0 Å². The summed E-state index contributed by atoms with van der Waals surface area (Å²) in [7, 11) is 0. The van der Waals surface area contributed by atoms with Gasteiger partial charge in [-0.3, -0.25) is 9.59 Å². The topological polar surface area (TPSA) is 94.1 Å². The maximum atomic E-state index is 12.7. The monoisotopic (exact) mass is 313 g/mol. The third-order valence-electron chi connectivity index (χ3n) is 4.28. The maximum absolute atomic E-state index is 12.7. The van der Waals surface area contributed by atoms with Crippen molar-refractivity contribution in [3.05, 3.63) is 42.2 Å². The fourth-order valence-electron chi connectivity index (χ4n) is 2.84. The number of rotatable bonds is 3. The smallest absolute Gasteiger partial charge is 0.276 e. The van der Waals surface area contributed by atoms with Crippen molar-refractivity contribution in [3.63, 3.8) is 0 Å². The molecule has 0 radical (unpaired) electrons. The molecule has 1 aromatic carbocycles. The van der Waals surface area contributed by atoms with Crippen LogP contribution in [0, 0.1) is 5.92 Å². The van der Waals surface area contributed by atoms with Crippen molar-refractivity contribution in [2.24, 2.45) is 11.7 Å². The number of nitrogens with zero attached hydrogens (tertiary/aromatic N) is 4. The predicted molar refractivity (Wildman–Crippen MR) is 83.8 cm³/mol. The summed E-state index contributed by atoms with van der Waals surface area (Å²) in [6.07, 6.45) is 3.08. The summed E-state index contributed by atoms with van der Waals surface area (Å²) in [6.45, 7) is 2.31. The second kappa shape index (κ2) is 6.20. The van der Waals surface area contributed by atoms with E-state index in [1.165, 1.54) is 0 Å². The molecule has 0 saturated carbocycles. The highest BCUT2D eigenvalue weighted by Gasteiger charge is 2.33. The number of piperidine rings is 1. The molecule has 1 aliphatic rings. The van der Waals surface area contributed by atoms with Gasteiger partial charge in [-0.05, 0) is 31.9 Å². The number of primary amides is 1. The minimum atomic E-state index is -0.359. The van der Waals surface area contributed by atoms with Gasteiger partial charge in [0.05, 0.1) is 17.8 Å². The molecule has 3 rings (SSSR count). The number of aromatic nitrogens is 3. The molecule has 2 atom stereocenters. The average Bonchev–Trinajstić information content (AvgIpc) is 3.05. The van der Waals surface area contributed by atoms with E-state index >= 15 is 0 Å². The Morgan fingerprint density at radius 1 is 1.22 bits per heavy atom. The van der Waals surface area contributed by atoms with Crippen molar-refractivity contribution in [2.75, 3.05) is 6.54 Å². The van der Waals surface area contributed by atoms with E-state index in [0.717, 1.165) is 18.5 Å². The van der Waals surface area contributed by atoms with Crippen LogP contribution in [0.25, 0.3) is 5.69 Å². The van der Waals surface area contributed by atoms with Crippen molar-refractivity contribution in [1.29, 1.82) is 0 Å². The number of carbonyl (C=O) groups excluding carboxylic acids is 2. The van der Waals surface area contributed by atoms with Crippen LogP contribution in [0.2, 0.25) is 0 Å². The maximum Gasteiger partial charge on any atom is 0.276 e. The molecule has 1 aromatic heterocycles. The number of likely N-dealkylation sites (tertiary alicyclic amines) is 1. The zero-order chi connectivity index (χ0) is 16.4. The quantitative estimate of drug-likeness (QED) is 0.914. The number of hydrogen-bond donors (Lipinski definition) is 1. The summed E-state index contributed by atoms with van der Waals surface area (Å²) in [5, 5.41) is 7.99. The number of carbonyl (C=O) groups is 2. The fourth-order valence-corrected chi connectivity index (χ4v) is 2.84. The molecule has 7 nitrogen and oxygen atoms in total. The first-order valence-corrected chi connectivity index (χ1v) is 7.64. The van der Waals surface area contributed by atoms with E-state index in [1.807, 2.05) is 37.3 Å². The molecule has 2 N–H and O–H groups in total. The fraction of sp³-hybridized carbons (Fsp3) is 0.375. The summed E-state index contributed by atoms with van der Waals surface area (Å²) in [5.41, 5.74) is 6.49. The summed E-state index contributed by atoms with van der Waals surface area (Å²) >= 11 is 0. The van der Waals surface area contributed by atoms with Crippen molar-refractivity contribution < 1.29 is 9.59 Å². The standard InChI is InChI=1S/C16H19N5O2/c1-11-7-8-12(15(17)22)9-20(11)16(23)14-10-21(19-18-14)13-5-3-2-4-6-13/h2-6,10-12H,7-9H2,1H3,(H2,17,22). The SMILES string of the molecule is CC1CCC(C(N)=O)CN1C(=O)c1cn(-c2ccccc2)nn1. The van der Waals surface area contributed by atoms with Crippen molar-refractivity contribution >= 4 is 11.8 Å². The largest absolute Gasteiger partial charge is 0.369 e. The van der Waals surface area contributed by atoms with Gasteiger partial charge in [0.1, 0.15) is 0 Å². The van der Waals surface area contributed by atoms with Gasteiger partial charge in [-0.1, -0.05) is 23.4 Å². The third-order valence-corrected chi connectivity index (χ3v) is 4.28. The van der Waals surface area contributed by atoms with E-state index < -0.39 is 0 Å². The zero-order valence-corrected chi connectivity index (χ0v) is 12.9. The van der Waals surface area contributed by atoms with Crippen LogP contribution in [0.15, 0.2) is 36.5 Å². The van der Waals surface area contributed by atoms with E-state index in [-0.39, 0.29) is 29.5 Å². The second-order valence-corrected chi connectivity index (χ2v) is 5.87. The molecular formula is C16H19N5O2. The molecule has 1 aliphatic heterocycles. The lowest BCUT2D eigenvalue weighted by Crippen LogP contribution is -2.48. The molecule has 2 amide bonds. The van der Waals surface area contributed by atoms with Crippen LogP contribution in [0.5, 0.6) is 0 Å². The van der Waals surface area contributed by atoms with Crippen LogP contribution < -0.4 is 5.73 Å². The van der Waals surface area contributed by atoms with Crippen molar-refractivity contribution in [1.82, 2.24) is 19.9 Å². The Kier molecular flexibility index (Phi) is 4.10. The highest BCUT2D eigenvalue weighted by molar-refractivity contribution is 5.92. The molecule has 1 saturated heterocycles. The van der Waals surface area contributed by atoms with E-state index in [2.05, 4.69) is 10.3 Å². The van der Waals surface area contributed by atoms with Crippen molar-refractivity contribution in [3.8, 4) is 5.69 Å². The third kappa shape index (κ3) is 3.08. The van der Waals surface area contributed by atoms with Crippen LogP contribution in [0.4, 0.5) is 0 Å². The van der Waals surface area contributed by atoms with Crippen LogP contribution in [0.1, 0.15) is 30.3 Å². The van der Waals surface area contributed by atoms with E-state index in [1.54, 1.807) is 15.8 Å². The first kappa shape index (κ1) is 15.2. The first-order valence-electron chi connectivity index (χ1n) is 7.64. The Hall–Kier alpha value is -2.70. The summed E-state index contributed by atoms with van der Waals surface area (Å²) in [5.74, 6) is -0.868. The van der Waals surface area contributed by atoms with Crippen molar-refractivity contribution in [2.45, 2.75) is 25.8 Å². The summed E-state index contributed by atoms with van der Waals surface area (Å²) in [6, 6.07) is 9.52. The Morgan fingerprint density at radius 2 is 1.96 bits per heavy atom. The van der Waals surface area contributed by atoms with Crippen LogP contribution in [-0.4, -0.2) is 44.3 Å². The number of amides is 2. The van der Waals surface area contributed by atoms with Gasteiger partial charge in [-0.15, -0.1) is 5.10 Å². The lowest BCUT2D eigenvalue weighted by Gasteiger charge is -2.36. The van der Waals surface area contributed by atoms with Crippen LogP contribution in [-0.2, 0) is 4.79 Å². The molecule has 23 heavy (non-hydrogen) atoms. The van der Waals surface area contributed by atoms with Gasteiger partial charge >= 0.3 is 0 Å². The molecule has 0 bridgehead atoms. The number of para-hydroxylation sites is 1. The Balaban J connectivity index is 1.80. The Labute approximate surface area is 134 Å². The molecule has 0 spiro atoms. The van der Waals surface area contributed by atoms with E-state index in [0.29, 0.717) is 6.54 Å². The highest BCUT2D eigenvalue weighted by atomic mass is 16.2. The van der Waals surface area contributed by atoms with E-state index in [9.17, 15) is 9.59 Å². The van der Waals surface area contributed by atoms with Crippen LogP contribution in [0.3, 0.4) is 0 Å². The molecule has 2 aromatic rings. The normalized spacial score (nSPS) is 21.2. The molecule has 0 aliphatic carbocycles. The summed E-state index contributed by atoms with van der Waals surface area (Å²) < 4.78 is 1.56. The van der Waals surface area contributed by atoms with Gasteiger partial charge in [0.15, 0.2) is 5.69 Å². The molecule has 120 valence electrons. The lowest BCUT2D eigenvalue weighted by atomic mass is 9.92. The average molecular weight is 313 g/mol. The van der Waals surface area contributed by atoms with Crippen LogP contribution >= 0.6 is 0 Å². The van der Waals surface area contributed by atoms with Gasteiger partial charge in [0.2, 0.25) is 5.91 Å². The van der Waals surface area contributed by atoms with E-state index in [4.69, 9.17) is 5.73 Å². The zero-order valence-electron chi connectivity index (χ0n) is 12.9. The highest BCUT2D eigenvalue weighted by Crippen LogP contribution is 2.23. The predicted octanol–water partition coefficient (Wildman–Crippen LogP) is 0.993. The number of benzene rings is 1. The molecular weight excluding hydrogens is 294 g/mol. The lowest BCUT2D eigenvalue weighted by molar-refractivity contribution is -0.123. The van der Waals surface area contributed by atoms with Gasteiger partial charge in [-0.25, -0.2) is 4.68 Å². The molecule has 2 unspecified atom stereocenters. The molecule has 7 heteroatoms. The van der Waals surface area contributed by atoms with Gasteiger partial charge in [0, 0.05) is 12.6 Å².